The number of aliphatic hydroxyl groups excluding tert-OH is 1. The summed E-state index contributed by atoms with van der Waals surface area (Å²) in [4.78, 5) is 0. The molecule has 0 aliphatic rings. The molecule has 1 aromatic heterocycles. The van der Waals surface area contributed by atoms with E-state index in [9.17, 15) is 0 Å². The summed E-state index contributed by atoms with van der Waals surface area (Å²) in [6.45, 7) is 1.16. The van der Waals surface area contributed by atoms with Crippen molar-refractivity contribution in [1.82, 2.24) is 9.78 Å². The highest BCUT2D eigenvalue weighted by Gasteiger charge is 1.94. The maximum atomic E-state index is 8.52. The van der Waals surface area contributed by atoms with Crippen molar-refractivity contribution in [3.63, 3.8) is 0 Å². The number of halogens is 1. The Morgan fingerprint density at radius 3 is 2.83 bits per heavy atom. The predicted molar refractivity (Wildman–Crippen MR) is 48.2 cm³/mol. The zero-order chi connectivity index (χ0) is 8.81. The Morgan fingerprint density at radius 2 is 2.25 bits per heavy atom. The van der Waals surface area contributed by atoms with Gasteiger partial charge < -0.3 is 5.11 Å². The van der Waals surface area contributed by atoms with Gasteiger partial charge in [-0.15, -0.1) is 0 Å². The highest BCUT2D eigenvalue weighted by atomic mass is 35.5. The molecule has 0 spiro atoms. The molecule has 1 rings (SSSR count). The Labute approximate surface area is 77.0 Å². The first-order valence-electron chi connectivity index (χ1n) is 4.12. The van der Waals surface area contributed by atoms with Gasteiger partial charge in [0.05, 0.1) is 11.2 Å². The summed E-state index contributed by atoms with van der Waals surface area (Å²) in [5.74, 6) is 0. The number of hydrogen-bond acceptors (Lipinski definition) is 2. The van der Waals surface area contributed by atoms with Crippen LogP contribution in [0.4, 0.5) is 0 Å². The molecule has 1 aromatic rings. The second kappa shape index (κ2) is 5.17. The minimum absolute atomic E-state index is 0.278. The molecule has 0 bridgehead atoms. The second-order valence-electron chi connectivity index (χ2n) is 2.71. The van der Waals surface area contributed by atoms with E-state index in [1.54, 1.807) is 12.4 Å². The highest BCUT2D eigenvalue weighted by molar-refractivity contribution is 6.30. The first kappa shape index (κ1) is 9.55. The third kappa shape index (κ3) is 3.24. The summed E-state index contributed by atoms with van der Waals surface area (Å²) in [5.41, 5.74) is 0. The molecule has 0 radical (unpaired) electrons. The van der Waals surface area contributed by atoms with E-state index < -0.39 is 0 Å². The summed E-state index contributed by atoms with van der Waals surface area (Å²) in [6.07, 6.45) is 6.38. The van der Waals surface area contributed by atoms with Gasteiger partial charge in [-0.25, -0.2) is 0 Å². The molecule has 12 heavy (non-hydrogen) atoms. The van der Waals surface area contributed by atoms with E-state index in [1.165, 1.54) is 0 Å². The fourth-order valence-electron chi connectivity index (χ4n) is 1.02. The van der Waals surface area contributed by atoms with Crippen molar-refractivity contribution in [3.8, 4) is 0 Å². The number of aliphatic hydroxyl groups is 1. The van der Waals surface area contributed by atoms with Crippen molar-refractivity contribution in [3.05, 3.63) is 17.4 Å². The van der Waals surface area contributed by atoms with E-state index in [2.05, 4.69) is 5.10 Å². The molecule has 0 aliphatic heterocycles. The predicted octanol–water partition coefficient (Wildman–Crippen LogP) is 1.70. The Kier molecular flexibility index (Phi) is 4.11. The largest absolute Gasteiger partial charge is 0.396 e. The summed E-state index contributed by atoms with van der Waals surface area (Å²) >= 11 is 5.68. The SMILES string of the molecule is OCCCCCn1cc(Cl)cn1. The lowest BCUT2D eigenvalue weighted by molar-refractivity contribution is 0.281. The maximum absolute atomic E-state index is 8.52. The molecule has 0 fully saturated rings. The third-order valence-corrected chi connectivity index (χ3v) is 1.84. The van der Waals surface area contributed by atoms with Gasteiger partial charge in [0, 0.05) is 19.3 Å². The molecule has 0 amide bonds. The van der Waals surface area contributed by atoms with Crippen molar-refractivity contribution in [2.75, 3.05) is 6.61 Å². The number of aryl methyl sites for hydroxylation is 1. The first-order chi connectivity index (χ1) is 5.83. The van der Waals surface area contributed by atoms with E-state index >= 15 is 0 Å². The molecule has 68 valence electrons. The lowest BCUT2D eigenvalue weighted by atomic mass is 10.2. The molecule has 1 heterocycles. The lowest BCUT2D eigenvalue weighted by Gasteiger charge is -1.99. The van der Waals surface area contributed by atoms with E-state index in [0.717, 1.165) is 25.8 Å². The van der Waals surface area contributed by atoms with Crippen LogP contribution in [0.3, 0.4) is 0 Å². The van der Waals surface area contributed by atoms with Crippen molar-refractivity contribution in [2.24, 2.45) is 0 Å². The van der Waals surface area contributed by atoms with Crippen molar-refractivity contribution in [2.45, 2.75) is 25.8 Å². The standard InChI is InChI=1S/C8H13ClN2O/c9-8-6-10-11(7-8)4-2-1-3-5-12/h6-7,12H,1-5H2. The van der Waals surface area contributed by atoms with Gasteiger partial charge in [-0.1, -0.05) is 11.6 Å². The van der Waals surface area contributed by atoms with Gasteiger partial charge >= 0.3 is 0 Å². The van der Waals surface area contributed by atoms with Gasteiger partial charge in [0.15, 0.2) is 0 Å². The average Bonchev–Trinajstić information content (AvgIpc) is 2.45. The van der Waals surface area contributed by atoms with Crippen LogP contribution in [-0.4, -0.2) is 21.5 Å². The van der Waals surface area contributed by atoms with Crippen LogP contribution < -0.4 is 0 Å². The van der Waals surface area contributed by atoms with Gasteiger partial charge in [-0.3, -0.25) is 4.68 Å². The molecular formula is C8H13ClN2O. The van der Waals surface area contributed by atoms with Gasteiger partial charge in [0.1, 0.15) is 0 Å². The maximum Gasteiger partial charge on any atom is 0.0785 e. The number of hydrogen-bond donors (Lipinski definition) is 1. The van der Waals surface area contributed by atoms with Crippen LogP contribution in [0.25, 0.3) is 0 Å². The van der Waals surface area contributed by atoms with Gasteiger partial charge in [-0.2, -0.15) is 5.10 Å². The van der Waals surface area contributed by atoms with E-state index in [4.69, 9.17) is 16.7 Å². The molecule has 1 N–H and O–H groups in total. The fraction of sp³-hybridized carbons (Fsp3) is 0.625. The van der Waals surface area contributed by atoms with Crippen LogP contribution in [0, 0.1) is 0 Å². The molecule has 0 saturated carbocycles. The number of nitrogens with zero attached hydrogens (tertiary/aromatic N) is 2. The van der Waals surface area contributed by atoms with Gasteiger partial charge in [0.25, 0.3) is 0 Å². The number of rotatable bonds is 5. The van der Waals surface area contributed by atoms with E-state index in [0.29, 0.717) is 5.02 Å². The molecule has 0 aliphatic carbocycles. The summed E-state index contributed by atoms with van der Waals surface area (Å²) in [7, 11) is 0. The summed E-state index contributed by atoms with van der Waals surface area (Å²) in [5, 5.41) is 13.2. The average molecular weight is 189 g/mol. The highest BCUT2D eigenvalue weighted by Crippen LogP contribution is 2.06. The molecule has 0 saturated heterocycles. The molecule has 0 aromatic carbocycles. The molecule has 0 unspecified atom stereocenters. The number of aromatic nitrogens is 2. The van der Waals surface area contributed by atoms with Crippen molar-refractivity contribution >= 4 is 11.6 Å². The summed E-state index contributed by atoms with van der Waals surface area (Å²) in [6, 6.07) is 0. The quantitative estimate of drug-likeness (QED) is 0.715. The Hall–Kier alpha value is -0.540. The Balaban J connectivity index is 2.15. The zero-order valence-corrected chi connectivity index (χ0v) is 7.67. The first-order valence-corrected chi connectivity index (χ1v) is 4.49. The second-order valence-corrected chi connectivity index (χ2v) is 3.14. The van der Waals surface area contributed by atoms with Crippen LogP contribution in [0.5, 0.6) is 0 Å². The third-order valence-electron chi connectivity index (χ3n) is 1.65. The van der Waals surface area contributed by atoms with Crippen LogP contribution in [0.15, 0.2) is 12.4 Å². The zero-order valence-electron chi connectivity index (χ0n) is 6.91. The minimum atomic E-state index is 0.278. The van der Waals surface area contributed by atoms with Crippen molar-refractivity contribution in [1.29, 1.82) is 0 Å². The molecule has 4 heteroatoms. The normalized spacial score (nSPS) is 10.5. The summed E-state index contributed by atoms with van der Waals surface area (Å²) < 4.78 is 1.82. The van der Waals surface area contributed by atoms with Gasteiger partial charge in [-0.05, 0) is 19.3 Å². The Bertz CT molecular complexity index is 225. The Morgan fingerprint density at radius 1 is 1.42 bits per heavy atom. The van der Waals surface area contributed by atoms with Crippen LogP contribution >= 0.6 is 11.6 Å². The molecule has 0 atom stereocenters. The van der Waals surface area contributed by atoms with E-state index in [-0.39, 0.29) is 6.61 Å². The van der Waals surface area contributed by atoms with E-state index in [1.807, 2.05) is 4.68 Å². The smallest absolute Gasteiger partial charge is 0.0785 e. The van der Waals surface area contributed by atoms with Crippen LogP contribution in [0.2, 0.25) is 5.02 Å². The van der Waals surface area contributed by atoms with Gasteiger partial charge in [0.2, 0.25) is 0 Å². The van der Waals surface area contributed by atoms with Crippen LogP contribution in [0.1, 0.15) is 19.3 Å². The lowest BCUT2D eigenvalue weighted by Crippen LogP contribution is -1.98. The molecular weight excluding hydrogens is 176 g/mol. The number of unbranched alkanes of at least 4 members (excludes halogenated alkanes) is 2. The topological polar surface area (TPSA) is 38.0 Å². The minimum Gasteiger partial charge on any atom is -0.396 e. The van der Waals surface area contributed by atoms with Crippen LogP contribution in [-0.2, 0) is 6.54 Å². The fourth-order valence-corrected chi connectivity index (χ4v) is 1.18. The van der Waals surface area contributed by atoms with Crippen molar-refractivity contribution < 1.29 is 5.11 Å². The molecule has 3 nitrogen and oxygen atoms in total. The monoisotopic (exact) mass is 188 g/mol.